The minimum Gasteiger partial charge on any atom is -0.304 e. The summed E-state index contributed by atoms with van der Waals surface area (Å²) >= 11 is 3.17. The Bertz CT molecular complexity index is 975. The molecule has 5 nitrogen and oxygen atoms in total. The van der Waals surface area contributed by atoms with Gasteiger partial charge in [-0.25, -0.2) is 9.97 Å². The topological polar surface area (TPSA) is 56.5 Å². The average Bonchev–Trinajstić information content (AvgIpc) is 3.19. The smallest absolute Gasteiger partial charge is 0.197 e. The molecular weight excluding hydrogens is 326 g/mol. The standard InChI is InChI=1S/C16H13N5S2/c1-10-5-6-12-11(8-10)15(18-9-17-12)23-16-20-19-14(21(16)2)13-4-3-7-22-13/h3-9H,1-2H3. The van der Waals surface area contributed by atoms with Crippen molar-refractivity contribution in [1.82, 2.24) is 24.7 Å². The summed E-state index contributed by atoms with van der Waals surface area (Å²) in [5, 5.41) is 13.4. The van der Waals surface area contributed by atoms with E-state index in [0.717, 1.165) is 31.8 Å². The van der Waals surface area contributed by atoms with Crippen molar-refractivity contribution in [3.8, 4) is 10.7 Å². The molecule has 1 aromatic carbocycles. The zero-order chi connectivity index (χ0) is 15.8. The number of fused-ring (bicyclic) bond motifs is 1. The zero-order valence-electron chi connectivity index (χ0n) is 12.6. The number of rotatable bonds is 3. The fourth-order valence-electron chi connectivity index (χ4n) is 2.34. The van der Waals surface area contributed by atoms with Crippen LogP contribution in [0.25, 0.3) is 21.6 Å². The fraction of sp³-hybridized carbons (Fsp3) is 0.125. The second-order valence-corrected chi connectivity index (χ2v) is 7.05. The Balaban J connectivity index is 1.76. The number of nitrogens with zero attached hydrogens (tertiary/aromatic N) is 5. The Morgan fingerprint density at radius 1 is 1.13 bits per heavy atom. The van der Waals surface area contributed by atoms with Crippen molar-refractivity contribution in [3.05, 3.63) is 47.6 Å². The summed E-state index contributed by atoms with van der Waals surface area (Å²) in [5.41, 5.74) is 2.13. The van der Waals surface area contributed by atoms with E-state index in [9.17, 15) is 0 Å². The Morgan fingerprint density at radius 2 is 2.04 bits per heavy atom. The number of aryl methyl sites for hydroxylation is 1. The molecule has 0 bridgehead atoms. The van der Waals surface area contributed by atoms with Crippen LogP contribution in [0.2, 0.25) is 0 Å². The molecule has 0 radical (unpaired) electrons. The van der Waals surface area contributed by atoms with Crippen molar-refractivity contribution >= 4 is 34.0 Å². The maximum Gasteiger partial charge on any atom is 0.197 e. The highest BCUT2D eigenvalue weighted by Crippen LogP contribution is 2.32. The Kier molecular flexibility index (Phi) is 3.59. The average molecular weight is 339 g/mol. The maximum absolute atomic E-state index is 4.43. The first kappa shape index (κ1) is 14.3. The number of thiophene rings is 1. The van der Waals surface area contributed by atoms with Crippen molar-refractivity contribution in [1.29, 1.82) is 0 Å². The van der Waals surface area contributed by atoms with Crippen LogP contribution in [0, 0.1) is 6.92 Å². The van der Waals surface area contributed by atoms with Crippen LogP contribution in [0.4, 0.5) is 0 Å². The molecule has 0 atom stereocenters. The normalized spacial score (nSPS) is 11.2. The maximum atomic E-state index is 4.43. The lowest BCUT2D eigenvalue weighted by Gasteiger charge is -2.05. The highest BCUT2D eigenvalue weighted by Gasteiger charge is 2.15. The van der Waals surface area contributed by atoms with Crippen LogP contribution >= 0.6 is 23.1 Å². The third-order valence-corrected chi connectivity index (χ3v) is 5.44. The lowest BCUT2D eigenvalue weighted by atomic mass is 10.2. The molecule has 3 aromatic heterocycles. The molecular formula is C16H13N5S2. The molecule has 4 aromatic rings. The van der Waals surface area contributed by atoms with Crippen molar-refractivity contribution in [2.24, 2.45) is 7.05 Å². The van der Waals surface area contributed by atoms with Crippen LogP contribution in [-0.2, 0) is 7.05 Å². The second-order valence-electron chi connectivity index (χ2n) is 5.14. The minimum absolute atomic E-state index is 0.815. The van der Waals surface area contributed by atoms with Gasteiger partial charge in [0.15, 0.2) is 11.0 Å². The van der Waals surface area contributed by atoms with Crippen LogP contribution in [0.1, 0.15) is 5.56 Å². The van der Waals surface area contributed by atoms with Crippen LogP contribution in [0.15, 0.2) is 52.2 Å². The molecule has 7 heteroatoms. The van der Waals surface area contributed by atoms with Crippen molar-refractivity contribution in [2.75, 3.05) is 0 Å². The van der Waals surface area contributed by atoms with Crippen LogP contribution in [0.5, 0.6) is 0 Å². The first-order chi connectivity index (χ1) is 11.2. The number of benzene rings is 1. The molecule has 23 heavy (non-hydrogen) atoms. The minimum atomic E-state index is 0.815. The van der Waals surface area contributed by atoms with Gasteiger partial charge in [-0.1, -0.05) is 17.7 Å². The van der Waals surface area contributed by atoms with Gasteiger partial charge < -0.3 is 4.57 Å². The Morgan fingerprint density at radius 3 is 2.87 bits per heavy atom. The molecule has 0 N–H and O–H groups in total. The lowest BCUT2D eigenvalue weighted by Crippen LogP contribution is -1.94. The van der Waals surface area contributed by atoms with Gasteiger partial charge in [0.1, 0.15) is 11.4 Å². The van der Waals surface area contributed by atoms with Crippen LogP contribution in [0.3, 0.4) is 0 Å². The number of hydrogen-bond acceptors (Lipinski definition) is 6. The third-order valence-electron chi connectivity index (χ3n) is 3.52. The highest BCUT2D eigenvalue weighted by molar-refractivity contribution is 7.99. The SMILES string of the molecule is Cc1ccc2ncnc(Sc3nnc(-c4cccs4)n3C)c2c1. The Hall–Kier alpha value is -2.25. The van der Waals surface area contributed by atoms with E-state index in [-0.39, 0.29) is 0 Å². The van der Waals surface area contributed by atoms with E-state index < -0.39 is 0 Å². The van der Waals surface area contributed by atoms with E-state index in [1.54, 1.807) is 17.7 Å². The first-order valence-electron chi connectivity index (χ1n) is 7.05. The summed E-state index contributed by atoms with van der Waals surface area (Å²) in [7, 11) is 1.98. The molecule has 0 saturated heterocycles. The summed E-state index contributed by atoms with van der Waals surface area (Å²) in [6.07, 6.45) is 1.59. The van der Waals surface area contributed by atoms with Gasteiger partial charge in [0.25, 0.3) is 0 Å². The molecule has 0 aliphatic carbocycles. The summed E-state index contributed by atoms with van der Waals surface area (Å²) < 4.78 is 2.00. The van der Waals surface area contributed by atoms with E-state index in [2.05, 4.69) is 39.2 Å². The molecule has 0 spiro atoms. The van der Waals surface area contributed by atoms with Gasteiger partial charge in [0.2, 0.25) is 0 Å². The molecule has 0 aliphatic heterocycles. The van der Waals surface area contributed by atoms with E-state index >= 15 is 0 Å². The van der Waals surface area contributed by atoms with Gasteiger partial charge in [-0.2, -0.15) is 0 Å². The predicted molar refractivity (Wildman–Crippen MR) is 92.7 cm³/mol. The van der Waals surface area contributed by atoms with Gasteiger partial charge in [-0.05, 0) is 42.3 Å². The molecule has 0 saturated carbocycles. The van der Waals surface area contributed by atoms with Crippen molar-refractivity contribution < 1.29 is 0 Å². The molecule has 0 unspecified atom stereocenters. The van der Waals surface area contributed by atoms with Gasteiger partial charge in [0, 0.05) is 12.4 Å². The van der Waals surface area contributed by atoms with Gasteiger partial charge in [-0.3, -0.25) is 0 Å². The Labute approximate surface area is 141 Å². The monoisotopic (exact) mass is 339 g/mol. The van der Waals surface area contributed by atoms with Gasteiger partial charge in [-0.15, -0.1) is 21.5 Å². The fourth-order valence-corrected chi connectivity index (χ4v) is 3.93. The molecule has 0 aliphatic rings. The van der Waals surface area contributed by atoms with Crippen LogP contribution in [-0.4, -0.2) is 24.7 Å². The summed E-state index contributed by atoms with van der Waals surface area (Å²) in [6.45, 7) is 2.07. The van der Waals surface area contributed by atoms with E-state index in [1.165, 1.54) is 17.3 Å². The molecule has 0 amide bonds. The third kappa shape index (κ3) is 2.62. The summed E-state index contributed by atoms with van der Waals surface area (Å²) in [5.74, 6) is 0.872. The van der Waals surface area contributed by atoms with E-state index in [4.69, 9.17) is 0 Å². The molecule has 3 heterocycles. The second kappa shape index (κ2) is 5.75. The summed E-state index contributed by atoms with van der Waals surface area (Å²) in [4.78, 5) is 9.86. The van der Waals surface area contributed by atoms with E-state index in [0.29, 0.717) is 0 Å². The predicted octanol–water partition coefficient (Wildman–Crippen LogP) is 3.95. The summed E-state index contributed by atoms with van der Waals surface area (Å²) in [6, 6.07) is 10.2. The molecule has 4 rings (SSSR count). The first-order valence-corrected chi connectivity index (χ1v) is 8.74. The van der Waals surface area contributed by atoms with Crippen LogP contribution < -0.4 is 0 Å². The van der Waals surface area contributed by atoms with E-state index in [1.807, 2.05) is 35.2 Å². The van der Waals surface area contributed by atoms with Gasteiger partial charge >= 0.3 is 0 Å². The number of hydrogen-bond donors (Lipinski definition) is 0. The molecule has 114 valence electrons. The zero-order valence-corrected chi connectivity index (χ0v) is 14.2. The van der Waals surface area contributed by atoms with Crippen molar-refractivity contribution in [2.45, 2.75) is 17.1 Å². The number of aromatic nitrogens is 5. The highest BCUT2D eigenvalue weighted by atomic mass is 32.2. The molecule has 0 fully saturated rings. The quantitative estimate of drug-likeness (QED) is 0.529. The van der Waals surface area contributed by atoms with Gasteiger partial charge in [0.05, 0.1) is 10.4 Å². The largest absolute Gasteiger partial charge is 0.304 e. The lowest BCUT2D eigenvalue weighted by molar-refractivity contribution is 0.793. The van der Waals surface area contributed by atoms with Crippen molar-refractivity contribution in [3.63, 3.8) is 0 Å².